The van der Waals surface area contributed by atoms with Crippen LogP contribution in [-0.2, 0) is 7.05 Å². The third kappa shape index (κ3) is 1.28. The van der Waals surface area contributed by atoms with E-state index < -0.39 is 0 Å². The van der Waals surface area contributed by atoms with Crippen molar-refractivity contribution in [2.45, 2.75) is 19.4 Å². The SMILES string of the molecule is CCC(N)c1nc2cnccc2n1C. The second-order valence-electron chi connectivity index (χ2n) is 3.41. The number of rotatable bonds is 2. The van der Waals surface area contributed by atoms with Crippen molar-refractivity contribution in [2.75, 3.05) is 0 Å². The summed E-state index contributed by atoms with van der Waals surface area (Å²) in [5.41, 5.74) is 7.95. The van der Waals surface area contributed by atoms with Crippen molar-refractivity contribution < 1.29 is 0 Å². The van der Waals surface area contributed by atoms with Crippen LogP contribution in [0.4, 0.5) is 0 Å². The molecule has 0 bridgehead atoms. The van der Waals surface area contributed by atoms with Crippen LogP contribution in [0.25, 0.3) is 11.0 Å². The summed E-state index contributed by atoms with van der Waals surface area (Å²) in [5.74, 6) is 0.926. The molecule has 0 aliphatic rings. The Kier molecular flexibility index (Phi) is 2.21. The van der Waals surface area contributed by atoms with Gasteiger partial charge in [-0.15, -0.1) is 0 Å². The largest absolute Gasteiger partial charge is 0.330 e. The third-order valence-electron chi connectivity index (χ3n) is 2.49. The standard InChI is InChI=1S/C10H14N4/c1-3-7(11)10-13-8-6-12-5-4-9(8)14(10)2/h4-7H,3,11H2,1-2H3. The van der Waals surface area contributed by atoms with E-state index >= 15 is 0 Å². The number of aromatic nitrogens is 3. The molecule has 0 aliphatic carbocycles. The minimum atomic E-state index is 0.00685. The van der Waals surface area contributed by atoms with Crippen LogP contribution in [0.2, 0.25) is 0 Å². The van der Waals surface area contributed by atoms with E-state index in [4.69, 9.17) is 5.73 Å². The van der Waals surface area contributed by atoms with Crippen molar-refractivity contribution in [2.24, 2.45) is 12.8 Å². The number of pyridine rings is 1. The highest BCUT2D eigenvalue weighted by atomic mass is 15.1. The minimum absolute atomic E-state index is 0.00685. The van der Waals surface area contributed by atoms with Gasteiger partial charge in [0.1, 0.15) is 11.3 Å². The maximum absolute atomic E-state index is 5.96. The van der Waals surface area contributed by atoms with E-state index in [-0.39, 0.29) is 6.04 Å². The van der Waals surface area contributed by atoms with Crippen LogP contribution in [0, 0.1) is 0 Å². The lowest BCUT2D eigenvalue weighted by Gasteiger charge is -2.07. The number of hydrogen-bond donors (Lipinski definition) is 1. The molecule has 2 aromatic heterocycles. The van der Waals surface area contributed by atoms with Crippen LogP contribution in [-0.4, -0.2) is 14.5 Å². The van der Waals surface area contributed by atoms with E-state index in [1.54, 1.807) is 12.4 Å². The molecule has 1 unspecified atom stereocenters. The summed E-state index contributed by atoms with van der Waals surface area (Å²) in [7, 11) is 1.99. The quantitative estimate of drug-likeness (QED) is 0.778. The lowest BCUT2D eigenvalue weighted by Crippen LogP contribution is -2.13. The van der Waals surface area contributed by atoms with E-state index in [1.165, 1.54) is 0 Å². The highest BCUT2D eigenvalue weighted by Crippen LogP contribution is 2.18. The number of nitrogens with zero attached hydrogens (tertiary/aromatic N) is 3. The maximum Gasteiger partial charge on any atom is 0.126 e. The van der Waals surface area contributed by atoms with Crippen LogP contribution in [0.5, 0.6) is 0 Å². The summed E-state index contributed by atoms with van der Waals surface area (Å²) in [6, 6.07) is 1.96. The first-order chi connectivity index (χ1) is 6.74. The number of hydrogen-bond acceptors (Lipinski definition) is 3. The van der Waals surface area contributed by atoms with Crippen molar-refractivity contribution in [1.29, 1.82) is 0 Å². The summed E-state index contributed by atoms with van der Waals surface area (Å²) in [6.45, 7) is 2.06. The van der Waals surface area contributed by atoms with Crippen LogP contribution in [0.15, 0.2) is 18.5 Å². The summed E-state index contributed by atoms with van der Waals surface area (Å²) < 4.78 is 2.03. The molecule has 0 aliphatic heterocycles. The number of aryl methyl sites for hydroxylation is 1. The highest BCUT2D eigenvalue weighted by molar-refractivity contribution is 5.74. The van der Waals surface area contributed by atoms with Gasteiger partial charge in [-0.3, -0.25) is 4.98 Å². The number of fused-ring (bicyclic) bond motifs is 1. The summed E-state index contributed by atoms with van der Waals surface area (Å²) >= 11 is 0. The van der Waals surface area contributed by atoms with Crippen molar-refractivity contribution in [3.8, 4) is 0 Å². The number of imidazole rings is 1. The molecule has 0 amide bonds. The highest BCUT2D eigenvalue weighted by Gasteiger charge is 2.12. The Bertz CT molecular complexity index is 446. The molecule has 74 valence electrons. The van der Waals surface area contributed by atoms with Gasteiger partial charge in [-0.2, -0.15) is 0 Å². The van der Waals surface area contributed by atoms with E-state index in [9.17, 15) is 0 Å². The topological polar surface area (TPSA) is 56.7 Å². The molecule has 2 rings (SSSR count). The van der Waals surface area contributed by atoms with Gasteiger partial charge >= 0.3 is 0 Å². The van der Waals surface area contributed by atoms with Gasteiger partial charge in [0.2, 0.25) is 0 Å². The van der Waals surface area contributed by atoms with Crippen LogP contribution in [0.3, 0.4) is 0 Å². The Hall–Kier alpha value is -1.42. The van der Waals surface area contributed by atoms with Gasteiger partial charge in [0, 0.05) is 13.2 Å². The van der Waals surface area contributed by atoms with Gasteiger partial charge in [-0.25, -0.2) is 4.98 Å². The molecule has 2 heterocycles. The van der Waals surface area contributed by atoms with Crippen molar-refractivity contribution in [3.63, 3.8) is 0 Å². The molecule has 2 N–H and O–H groups in total. The lowest BCUT2D eigenvalue weighted by atomic mass is 10.2. The van der Waals surface area contributed by atoms with Gasteiger partial charge in [-0.1, -0.05) is 6.92 Å². The Morgan fingerprint density at radius 1 is 1.57 bits per heavy atom. The lowest BCUT2D eigenvalue weighted by molar-refractivity contribution is 0.623. The summed E-state index contributed by atoms with van der Waals surface area (Å²) in [5, 5.41) is 0. The van der Waals surface area contributed by atoms with E-state index in [2.05, 4.69) is 16.9 Å². The average molecular weight is 190 g/mol. The first-order valence-corrected chi connectivity index (χ1v) is 4.76. The van der Waals surface area contributed by atoms with Gasteiger partial charge < -0.3 is 10.3 Å². The molecule has 4 nitrogen and oxygen atoms in total. The normalized spacial score (nSPS) is 13.4. The van der Waals surface area contributed by atoms with E-state index in [0.717, 1.165) is 23.3 Å². The second-order valence-corrected chi connectivity index (χ2v) is 3.41. The van der Waals surface area contributed by atoms with Crippen LogP contribution < -0.4 is 5.73 Å². The molecule has 4 heteroatoms. The molecule has 2 aromatic rings. The van der Waals surface area contributed by atoms with Gasteiger partial charge in [0.15, 0.2) is 0 Å². The van der Waals surface area contributed by atoms with Crippen LogP contribution in [0.1, 0.15) is 25.2 Å². The fraction of sp³-hybridized carbons (Fsp3) is 0.400. The molecule has 1 atom stereocenters. The maximum atomic E-state index is 5.96. The Morgan fingerprint density at radius 2 is 2.36 bits per heavy atom. The molecule has 0 spiro atoms. The fourth-order valence-corrected chi connectivity index (χ4v) is 1.58. The third-order valence-corrected chi connectivity index (χ3v) is 2.49. The van der Waals surface area contributed by atoms with E-state index in [0.29, 0.717) is 0 Å². The van der Waals surface area contributed by atoms with Crippen molar-refractivity contribution in [1.82, 2.24) is 14.5 Å². The molecule has 0 radical (unpaired) electrons. The average Bonchev–Trinajstić information content (AvgIpc) is 2.56. The van der Waals surface area contributed by atoms with Gasteiger partial charge in [0.05, 0.1) is 17.8 Å². The molecular weight excluding hydrogens is 176 g/mol. The van der Waals surface area contributed by atoms with E-state index in [1.807, 2.05) is 17.7 Å². The Morgan fingerprint density at radius 3 is 3.00 bits per heavy atom. The van der Waals surface area contributed by atoms with Crippen molar-refractivity contribution >= 4 is 11.0 Å². The summed E-state index contributed by atoms with van der Waals surface area (Å²) in [4.78, 5) is 8.49. The molecule has 0 saturated carbocycles. The zero-order valence-corrected chi connectivity index (χ0v) is 8.44. The zero-order chi connectivity index (χ0) is 10.1. The molecule has 0 aromatic carbocycles. The second kappa shape index (κ2) is 3.38. The summed E-state index contributed by atoms with van der Waals surface area (Å²) in [6.07, 6.45) is 4.43. The first-order valence-electron chi connectivity index (χ1n) is 4.76. The fourth-order valence-electron chi connectivity index (χ4n) is 1.58. The Balaban J connectivity index is 2.62. The monoisotopic (exact) mass is 190 g/mol. The van der Waals surface area contributed by atoms with Crippen LogP contribution >= 0.6 is 0 Å². The minimum Gasteiger partial charge on any atom is -0.330 e. The molecule has 14 heavy (non-hydrogen) atoms. The first kappa shape index (κ1) is 9.15. The molecule has 0 saturated heterocycles. The van der Waals surface area contributed by atoms with Gasteiger partial charge in [-0.05, 0) is 12.5 Å². The van der Waals surface area contributed by atoms with Gasteiger partial charge in [0.25, 0.3) is 0 Å². The smallest absolute Gasteiger partial charge is 0.126 e. The predicted octanol–water partition coefficient (Wildman–Crippen LogP) is 1.38. The Labute approximate surface area is 82.8 Å². The van der Waals surface area contributed by atoms with Crippen molar-refractivity contribution in [3.05, 3.63) is 24.3 Å². The predicted molar refractivity (Wildman–Crippen MR) is 55.7 cm³/mol. The molecular formula is C10H14N4. The number of nitrogens with two attached hydrogens (primary N) is 1. The molecule has 0 fully saturated rings. The zero-order valence-electron chi connectivity index (χ0n) is 8.44.